The molecule has 0 saturated heterocycles. The second-order valence-electron chi connectivity index (χ2n) is 8.16. The summed E-state index contributed by atoms with van der Waals surface area (Å²) in [4.78, 5) is 2.32. The van der Waals surface area contributed by atoms with Crippen LogP contribution in [0.3, 0.4) is 0 Å². The number of hydrogen-bond acceptors (Lipinski definition) is 4. The van der Waals surface area contributed by atoms with Gasteiger partial charge in [0.2, 0.25) is 5.88 Å². The maximum absolute atomic E-state index is 10.0. The van der Waals surface area contributed by atoms with Crippen LogP contribution >= 0.6 is 11.6 Å². The number of ether oxygens (including phenoxy) is 1. The number of hydrogen-bond donors (Lipinski definition) is 1. The molecule has 1 fully saturated rings. The number of aryl methyl sites for hydroxylation is 1. The summed E-state index contributed by atoms with van der Waals surface area (Å²) < 4.78 is 8.07. The highest BCUT2D eigenvalue weighted by Crippen LogP contribution is 2.36. The molecule has 3 aromatic rings. The van der Waals surface area contributed by atoms with Gasteiger partial charge in [-0.15, -0.1) is 0 Å². The molecule has 1 aromatic heterocycles. The minimum absolute atomic E-state index is 0.388. The van der Waals surface area contributed by atoms with Gasteiger partial charge in [-0.1, -0.05) is 41.9 Å². The molecule has 2 aromatic carbocycles. The minimum Gasteiger partial charge on any atom is -0.439 e. The van der Waals surface area contributed by atoms with E-state index >= 15 is 0 Å². The number of aromatic nitrogens is 2. The first-order chi connectivity index (χ1) is 14.5. The fourth-order valence-corrected chi connectivity index (χ4v) is 3.86. The van der Waals surface area contributed by atoms with Crippen molar-refractivity contribution in [1.82, 2.24) is 14.7 Å². The van der Waals surface area contributed by atoms with E-state index in [0.29, 0.717) is 29.7 Å². The van der Waals surface area contributed by atoms with E-state index in [-0.39, 0.29) is 6.10 Å². The lowest BCUT2D eigenvalue weighted by Crippen LogP contribution is -2.32. The molecule has 158 valence electrons. The molecule has 0 spiro atoms. The van der Waals surface area contributed by atoms with Gasteiger partial charge < -0.3 is 9.84 Å². The molecule has 1 saturated carbocycles. The average molecular weight is 426 g/mol. The first-order valence-corrected chi connectivity index (χ1v) is 10.8. The van der Waals surface area contributed by atoms with Crippen molar-refractivity contribution in [3.8, 4) is 22.9 Å². The first kappa shape index (κ1) is 20.9. The van der Waals surface area contributed by atoms with E-state index in [1.807, 2.05) is 56.4 Å². The molecule has 0 unspecified atom stereocenters. The van der Waals surface area contributed by atoms with Crippen LogP contribution in [0.5, 0.6) is 11.6 Å². The van der Waals surface area contributed by atoms with Crippen molar-refractivity contribution in [2.75, 3.05) is 13.1 Å². The molecule has 0 radical (unpaired) electrons. The van der Waals surface area contributed by atoms with Crippen molar-refractivity contribution in [3.05, 3.63) is 65.2 Å². The quantitative estimate of drug-likeness (QED) is 0.516. The Hall–Kier alpha value is -2.34. The van der Waals surface area contributed by atoms with Crippen LogP contribution < -0.4 is 4.74 Å². The fraction of sp³-hybridized carbons (Fsp3) is 0.375. The van der Waals surface area contributed by atoms with Gasteiger partial charge in [0.05, 0.1) is 11.7 Å². The molecule has 0 amide bonds. The van der Waals surface area contributed by atoms with Gasteiger partial charge in [0, 0.05) is 37.3 Å². The van der Waals surface area contributed by atoms with Crippen LogP contribution in [0.15, 0.2) is 54.6 Å². The highest BCUT2D eigenvalue weighted by molar-refractivity contribution is 6.30. The Morgan fingerprint density at radius 3 is 2.50 bits per heavy atom. The summed E-state index contributed by atoms with van der Waals surface area (Å²) in [7, 11) is 1.90. The number of halogens is 1. The second-order valence-corrected chi connectivity index (χ2v) is 8.60. The number of nitrogens with zero attached hydrogens (tertiary/aromatic N) is 3. The van der Waals surface area contributed by atoms with Crippen LogP contribution in [-0.2, 0) is 13.6 Å². The second kappa shape index (κ2) is 9.21. The Morgan fingerprint density at radius 2 is 1.87 bits per heavy atom. The van der Waals surface area contributed by atoms with Crippen molar-refractivity contribution < 1.29 is 9.84 Å². The monoisotopic (exact) mass is 425 g/mol. The SMILES string of the molecule is C[C@@H](O)CN(Cc1c(-c2ccccc2)nn(C)c1Oc1ccc(Cl)cc1)CC1CC1. The van der Waals surface area contributed by atoms with E-state index in [9.17, 15) is 5.11 Å². The summed E-state index contributed by atoms with van der Waals surface area (Å²) in [6, 6.07) is 17.5. The van der Waals surface area contributed by atoms with Gasteiger partial charge >= 0.3 is 0 Å². The number of aliphatic hydroxyl groups is 1. The molecule has 5 nitrogen and oxygen atoms in total. The first-order valence-electron chi connectivity index (χ1n) is 10.4. The van der Waals surface area contributed by atoms with Crippen LogP contribution in [0.4, 0.5) is 0 Å². The summed E-state index contributed by atoms with van der Waals surface area (Å²) in [5, 5.41) is 15.5. The van der Waals surface area contributed by atoms with Crippen LogP contribution in [0.1, 0.15) is 25.3 Å². The van der Waals surface area contributed by atoms with E-state index < -0.39 is 0 Å². The lowest BCUT2D eigenvalue weighted by molar-refractivity contribution is 0.119. The Bertz CT molecular complexity index is 962. The standard InChI is InChI=1S/C24H28ClN3O2/c1-17(29)14-28(15-18-8-9-18)16-22-23(19-6-4-3-5-7-19)26-27(2)24(22)30-21-12-10-20(25)11-13-21/h3-7,10-13,17-18,29H,8-9,14-16H2,1-2H3/t17-/m1/s1. The topological polar surface area (TPSA) is 50.5 Å². The lowest BCUT2D eigenvalue weighted by Gasteiger charge is -2.24. The highest BCUT2D eigenvalue weighted by atomic mass is 35.5. The summed E-state index contributed by atoms with van der Waals surface area (Å²) in [6.07, 6.45) is 2.15. The third kappa shape index (κ3) is 5.22. The van der Waals surface area contributed by atoms with Crippen LogP contribution in [0.25, 0.3) is 11.3 Å². The zero-order valence-corrected chi connectivity index (χ0v) is 18.2. The van der Waals surface area contributed by atoms with Crippen LogP contribution in [0.2, 0.25) is 5.02 Å². The van der Waals surface area contributed by atoms with Crippen molar-refractivity contribution in [2.24, 2.45) is 13.0 Å². The Labute approximate surface area is 182 Å². The summed E-state index contributed by atoms with van der Waals surface area (Å²) in [5.41, 5.74) is 2.99. The van der Waals surface area contributed by atoms with Gasteiger partial charge in [-0.25, -0.2) is 4.68 Å². The smallest absolute Gasteiger partial charge is 0.222 e. The van der Waals surface area contributed by atoms with Gasteiger partial charge in [0.15, 0.2) is 0 Å². The van der Waals surface area contributed by atoms with Gasteiger partial charge in [-0.3, -0.25) is 4.90 Å². The normalized spacial score (nSPS) is 14.8. The molecule has 1 heterocycles. The Balaban J connectivity index is 1.71. The van der Waals surface area contributed by atoms with Crippen molar-refractivity contribution >= 4 is 11.6 Å². The Kier molecular flexibility index (Phi) is 6.42. The number of aliphatic hydroxyl groups excluding tert-OH is 1. The minimum atomic E-state index is -0.388. The maximum atomic E-state index is 10.0. The van der Waals surface area contributed by atoms with Gasteiger partial charge in [-0.05, 0) is 49.9 Å². The predicted octanol–water partition coefficient (Wildman–Crippen LogP) is 5.13. The molecule has 1 aliphatic carbocycles. The summed E-state index contributed by atoms with van der Waals surface area (Å²) >= 11 is 6.03. The van der Waals surface area contributed by atoms with Gasteiger partial charge in [-0.2, -0.15) is 5.10 Å². The van der Waals surface area contributed by atoms with Crippen LogP contribution in [0, 0.1) is 5.92 Å². The molecular formula is C24H28ClN3O2. The third-order valence-electron chi connectivity index (χ3n) is 5.28. The maximum Gasteiger partial charge on any atom is 0.222 e. The lowest BCUT2D eigenvalue weighted by atomic mass is 10.1. The highest BCUT2D eigenvalue weighted by Gasteiger charge is 2.28. The molecule has 1 N–H and O–H groups in total. The third-order valence-corrected chi connectivity index (χ3v) is 5.53. The molecule has 6 heteroatoms. The molecule has 0 bridgehead atoms. The van der Waals surface area contributed by atoms with E-state index in [2.05, 4.69) is 17.0 Å². The number of benzene rings is 2. The van der Waals surface area contributed by atoms with Crippen molar-refractivity contribution in [2.45, 2.75) is 32.4 Å². The largest absolute Gasteiger partial charge is 0.439 e. The molecule has 30 heavy (non-hydrogen) atoms. The Morgan fingerprint density at radius 1 is 1.17 bits per heavy atom. The van der Waals surface area contributed by atoms with Gasteiger partial charge in [0.25, 0.3) is 0 Å². The van der Waals surface area contributed by atoms with E-state index in [4.69, 9.17) is 21.4 Å². The van der Waals surface area contributed by atoms with Crippen molar-refractivity contribution in [3.63, 3.8) is 0 Å². The fourth-order valence-electron chi connectivity index (χ4n) is 3.73. The van der Waals surface area contributed by atoms with Gasteiger partial charge in [0.1, 0.15) is 11.4 Å². The molecule has 0 aliphatic heterocycles. The predicted molar refractivity (Wildman–Crippen MR) is 120 cm³/mol. The zero-order valence-electron chi connectivity index (χ0n) is 17.5. The zero-order chi connectivity index (χ0) is 21.1. The molecular weight excluding hydrogens is 398 g/mol. The van der Waals surface area contributed by atoms with E-state index in [1.54, 1.807) is 4.68 Å². The molecule has 1 atom stereocenters. The van der Waals surface area contributed by atoms with Crippen molar-refractivity contribution in [1.29, 1.82) is 0 Å². The molecule has 1 aliphatic rings. The average Bonchev–Trinajstić information content (AvgIpc) is 3.49. The summed E-state index contributed by atoms with van der Waals surface area (Å²) in [5.74, 6) is 2.15. The van der Waals surface area contributed by atoms with E-state index in [1.165, 1.54) is 12.8 Å². The summed E-state index contributed by atoms with van der Waals surface area (Å²) in [6.45, 7) is 4.11. The number of rotatable bonds is 9. The van der Waals surface area contributed by atoms with Crippen LogP contribution in [-0.4, -0.2) is 39.0 Å². The molecule has 4 rings (SSSR count). The van der Waals surface area contributed by atoms with E-state index in [0.717, 1.165) is 29.3 Å².